The highest BCUT2D eigenvalue weighted by atomic mass is 16.5. The van der Waals surface area contributed by atoms with Crippen molar-refractivity contribution in [1.29, 1.82) is 5.41 Å². The van der Waals surface area contributed by atoms with E-state index in [0.717, 1.165) is 16.9 Å². The molecule has 4 N–H and O–H groups in total. The van der Waals surface area contributed by atoms with Gasteiger partial charge in [0.05, 0.1) is 19.3 Å². The summed E-state index contributed by atoms with van der Waals surface area (Å²) in [6.45, 7) is 6.32. The Morgan fingerprint density at radius 3 is 2.41 bits per heavy atom. The van der Waals surface area contributed by atoms with Crippen molar-refractivity contribution in [2.45, 2.75) is 39.5 Å². The van der Waals surface area contributed by atoms with Crippen molar-refractivity contribution in [2.75, 3.05) is 19.0 Å². The lowest BCUT2D eigenvalue weighted by molar-refractivity contribution is -0.144. The number of nitrogens with one attached hydrogen (secondary N) is 2. The second kappa shape index (κ2) is 10.5. The molecule has 0 saturated heterocycles. The second-order valence-electron chi connectivity index (χ2n) is 6.79. The van der Waals surface area contributed by atoms with Crippen molar-refractivity contribution >= 4 is 17.5 Å². The summed E-state index contributed by atoms with van der Waals surface area (Å²) in [6.07, 6.45) is 0.0234. The van der Waals surface area contributed by atoms with Crippen LogP contribution in [0.4, 0.5) is 5.69 Å². The van der Waals surface area contributed by atoms with E-state index < -0.39 is 6.04 Å². The molecule has 2 aromatic rings. The average Bonchev–Trinajstić information content (AvgIpc) is 2.68. The number of amidine groups is 1. The average molecular weight is 399 g/mol. The zero-order valence-electron chi connectivity index (χ0n) is 17.3. The fourth-order valence-corrected chi connectivity index (χ4v) is 2.83. The predicted octanol–water partition coefficient (Wildman–Crippen LogP) is 3.62. The number of nitrogen functional groups attached to an aromatic ring is 1. The van der Waals surface area contributed by atoms with Gasteiger partial charge in [-0.3, -0.25) is 5.41 Å². The van der Waals surface area contributed by atoms with Crippen LogP contribution in [0.3, 0.4) is 0 Å². The fourth-order valence-electron chi connectivity index (χ4n) is 2.83. The predicted molar refractivity (Wildman–Crippen MR) is 113 cm³/mol. The van der Waals surface area contributed by atoms with E-state index in [1.165, 1.54) is 0 Å². The van der Waals surface area contributed by atoms with Crippen LogP contribution in [0.15, 0.2) is 42.5 Å². The highest BCUT2D eigenvalue weighted by molar-refractivity contribution is 5.95. The SMILES string of the molecule is CCOC(=O)C(Nc1ccc(C(=N)N)cc1)c1ccc(OC(C)C)c(COC)c1. The van der Waals surface area contributed by atoms with Crippen molar-refractivity contribution in [1.82, 2.24) is 0 Å². The topological polar surface area (TPSA) is 107 Å². The molecule has 156 valence electrons. The lowest BCUT2D eigenvalue weighted by Crippen LogP contribution is -2.24. The van der Waals surface area contributed by atoms with E-state index in [1.54, 1.807) is 38.3 Å². The number of rotatable bonds is 10. The number of hydrogen-bond donors (Lipinski definition) is 3. The molecule has 2 aromatic carbocycles. The number of methoxy groups -OCH3 is 1. The zero-order valence-corrected chi connectivity index (χ0v) is 17.3. The van der Waals surface area contributed by atoms with E-state index in [0.29, 0.717) is 17.9 Å². The van der Waals surface area contributed by atoms with Crippen molar-refractivity contribution in [2.24, 2.45) is 5.73 Å². The van der Waals surface area contributed by atoms with E-state index in [2.05, 4.69) is 5.32 Å². The number of carbonyl (C=O) groups excluding carboxylic acids is 1. The van der Waals surface area contributed by atoms with Gasteiger partial charge in [-0.1, -0.05) is 6.07 Å². The molecular formula is C22H29N3O4. The minimum Gasteiger partial charge on any atom is -0.491 e. The summed E-state index contributed by atoms with van der Waals surface area (Å²) in [6, 6.07) is 11.9. The van der Waals surface area contributed by atoms with E-state index >= 15 is 0 Å². The Morgan fingerprint density at radius 1 is 1.17 bits per heavy atom. The molecule has 0 aliphatic rings. The van der Waals surface area contributed by atoms with Crippen LogP contribution in [0, 0.1) is 5.41 Å². The number of benzene rings is 2. The molecule has 0 saturated carbocycles. The number of ether oxygens (including phenoxy) is 3. The van der Waals surface area contributed by atoms with Crippen LogP contribution in [0.25, 0.3) is 0 Å². The van der Waals surface area contributed by atoms with Gasteiger partial charge in [-0.2, -0.15) is 0 Å². The summed E-state index contributed by atoms with van der Waals surface area (Å²) in [4.78, 5) is 12.7. The minimum atomic E-state index is -0.707. The first-order valence-corrected chi connectivity index (χ1v) is 9.51. The molecule has 0 bridgehead atoms. The first-order valence-electron chi connectivity index (χ1n) is 9.51. The number of nitrogens with two attached hydrogens (primary N) is 1. The molecule has 2 rings (SSSR count). The monoisotopic (exact) mass is 399 g/mol. The molecule has 1 unspecified atom stereocenters. The summed E-state index contributed by atoms with van der Waals surface area (Å²) in [7, 11) is 1.61. The van der Waals surface area contributed by atoms with Crippen molar-refractivity contribution in [3.8, 4) is 5.75 Å². The first-order chi connectivity index (χ1) is 13.8. The molecule has 7 heteroatoms. The lowest BCUT2D eigenvalue weighted by atomic mass is 10.0. The molecule has 0 heterocycles. The summed E-state index contributed by atoms with van der Waals surface area (Å²) in [5.41, 5.74) is 8.41. The molecule has 0 aliphatic carbocycles. The molecule has 0 aromatic heterocycles. The number of anilines is 1. The van der Waals surface area contributed by atoms with Crippen LogP contribution in [0.2, 0.25) is 0 Å². The van der Waals surface area contributed by atoms with Crippen LogP contribution < -0.4 is 15.8 Å². The normalized spacial score (nSPS) is 11.8. The maximum atomic E-state index is 12.7. The number of esters is 1. The van der Waals surface area contributed by atoms with Crippen LogP contribution in [-0.2, 0) is 20.9 Å². The molecule has 7 nitrogen and oxygen atoms in total. The van der Waals surface area contributed by atoms with Gasteiger partial charge < -0.3 is 25.3 Å². The third kappa shape index (κ3) is 6.22. The maximum Gasteiger partial charge on any atom is 0.333 e. The molecule has 0 spiro atoms. The highest BCUT2D eigenvalue weighted by Crippen LogP contribution is 2.28. The first kappa shape index (κ1) is 22.2. The molecule has 0 fully saturated rings. The van der Waals surface area contributed by atoms with Crippen LogP contribution in [-0.4, -0.2) is 31.6 Å². The van der Waals surface area contributed by atoms with E-state index in [4.69, 9.17) is 25.4 Å². The highest BCUT2D eigenvalue weighted by Gasteiger charge is 2.23. The smallest absolute Gasteiger partial charge is 0.333 e. The van der Waals surface area contributed by atoms with Crippen LogP contribution in [0.5, 0.6) is 5.75 Å². The summed E-state index contributed by atoms with van der Waals surface area (Å²) in [5.74, 6) is 0.325. The number of carbonyl (C=O) groups is 1. The Hall–Kier alpha value is -3.06. The molecule has 1 atom stereocenters. The molecule has 0 amide bonds. The van der Waals surface area contributed by atoms with E-state index in [-0.39, 0.29) is 24.5 Å². The third-order valence-electron chi connectivity index (χ3n) is 4.11. The van der Waals surface area contributed by atoms with Gasteiger partial charge in [-0.15, -0.1) is 0 Å². The van der Waals surface area contributed by atoms with Gasteiger partial charge in [0.25, 0.3) is 0 Å². The van der Waals surface area contributed by atoms with Gasteiger partial charge in [0, 0.05) is 23.9 Å². The molecule has 0 aliphatic heterocycles. The molecule has 0 radical (unpaired) electrons. The fraction of sp³-hybridized carbons (Fsp3) is 0.364. The Balaban J connectivity index is 2.37. The van der Waals surface area contributed by atoms with Gasteiger partial charge >= 0.3 is 5.97 Å². The van der Waals surface area contributed by atoms with Crippen molar-refractivity contribution in [3.05, 3.63) is 59.2 Å². The maximum absolute atomic E-state index is 12.7. The van der Waals surface area contributed by atoms with Crippen molar-refractivity contribution < 1.29 is 19.0 Å². The van der Waals surface area contributed by atoms with Crippen LogP contribution in [0.1, 0.15) is 43.5 Å². The Morgan fingerprint density at radius 2 is 1.86 bits per heavy atom. The van der Waals surface area contributed by atoms with Gasteiger partial charge in [0.15, 0.2) is 6.04 Å². The van der Waals surface area contributed by atoms with Gasteiger partial charge in [-0.25, -0.2) is 4.79 Å². The molecule has 29 heavy (non-hydrogen) atoms. The Labute approximate surface area is 171 Å². The zero-order chi connectivity index (χ0) is 21.4. The largest absolute Gasteiger partial charge is 0.491 e. The number of hydrogen-bond acceptors (Lipinski definition) is 6. The van der Waals surface area contributed by atoms with E-state index in [9.17, 15) is 4.79 Å². The third-order valence-corrected chi connectivity index (χ3v) is 4.11. The summed E-state index contributed by atoms with van der Waals surface area (Å²) >= 11 is 0. The van der Waals surface area contributed by atoms with Gasteiger partial charge in [-0.05, 0) is 62.7 Å². The Bertz CT molecular complexity index is 834. The lowest BCUT2D eigenvalue weighted by Gasteiger charge is -2.21. The van der Waals surface area contributed by atoms with Gasteiger partial charge in [0.1, 0.15) is 11.6 Å². The minimum absolute atomic E-state index is 0.0107. The Kier molecular flexibility index (Phi) is 8.03. The second-order valence-corrected chi connectivity index (χ2v) is 6.79. The standard InChI is InChI=1S/C22H29N3O4/c1-5-28-22(26)20(25-18-9-6-15(7-10-18)21(23)24)16-8-11-19(29-14(2)3)17(12-16)13-27-4/h6-12,14,20,25H,5,13H2,1-4H3,(H3,23,24). The summed E-state index contributed by atoms with van der Waals surface area (Å²) in [5, 5.41) is 10.7. The quantitative estimate of drug-likeness (QED) is 0.320. The van der Waals surface area contributed by atoms with Crippen molar-refractivity contribution in [3.63, 3.8) is 0 Å². The molecular weight excluding hydrogens is 370 g/mol. The summed E-state index contributed by atoms with van der Waals surface area (Å²) < 4.78 is 16.4. The van der Waals surface area contributed by atoms with Gasteiger partial charge in [0.2, 0.25) is 0 Å². The van der Waals surface area contributed by atoms with Crippen LogP contribution >= 0.6 is 0 Å². The van der Waals surface area contributed by atoms with E-state index in [1.807, 2.05) is 32.0 Å².